The summed E-state index contributed by atoms with van der Waals surface area (Å²) in [6.45, 7) is 0.273. The predicted molar refractivity (Wildman–Crippen MR) is 112 cm³/mol. The summed E-state index contributed by atoms with van der Waals surface area (Å²) in [5.74, 6) is 0.152. The summed E-state index contributed by atoms with van der Waals surface area (Å²) in [7, 11) is 6.42. The summed E-state index contributed by atoms with van der Waals surface area (Å²) < 4.78 is 0.984. The van der Waals surface area contributed by atoms with Crippen molar-refractivity contribution in [1.82, 2.24) is 10.3 Å². The van der Waals surface area contributed by atoms with Crippen molar-refractivity contribution in [2.75, 3.05) is 11.9 Å². The fourth-order valence-electron chi connectivity index (χ4n) is 4.30. The number of thiocarbonyl (C=S) groups is 1. The maximum absolute atomic E-state index is 11.2. The van der Waals surface area contributed by atoms with Gasteiger partial charge in [0.1, 0.15) is 5.52 Å². The number of aromatic nitrogens is 1. The molecule has 5 N–H and O–H groups in total. The number of hydrogen-bond acceptors (Lipinski definition) is 5. The van der Waals surface area contributed by atoms with E-state index in [4.69, 9.17) is 37.4 Å². The van der Waals surface area contributed by atoms with Crippen molar-refractivity contribution in [3.8, 4) is 0 Å². The smallest absolute Gasteiger partial charge is 0.190 e. The highest BCUT2D eigenvalue weighted by molar-refractivity contribution is 7.80. The molecule has 2 bridgehead atoms. The number of nitrogens with zero attached hydrogens (tertiary/aromatic N) is 1. The van der Waals surface area contributed by atoms with Gasteiger partial charge >= 0.3 is 0 Å². The van der Waals surface area contributed by atoms with Crippen LogP contribution in [0.3, 0.4) is 0 Å². The van der Waals surface area contributed by atoms with Crippen LogP contribution in [0.4, 0.5) is 5.13 Å². The Morgan fingerprint density at radius 2 is 2.19 bits per heavy atom. The zero-order valence-corrected chi connectivity index (χ0v) is 16.6. The van der Waals surface area contributed by atoms with E-state index in [0.717, 1.165) is 35.9 Å². The van der Waals surface area contributed by atoms with E-state index in [1.165, 1.54) is 11.3 Å². The van der Waals surface area contributed by atoms with Crippen LogP contribution < -0.4 is 16.4 Å². The van der Waals surface area contributed by atoms with Crippen LogP contribution in [0.5, 0.6) is 0 Å². The van der Waals surface area contributed by atoms with Crippen molar-refractivity contribution < 1.29 is 5.11 Å². The van der Waals surface area contributed by atoms with Crippen molar-refractivity contribution in [2.24, 2.45) is 11.7 Å². The zero-order chi connectivity index (χ0) is 18.5. The lowest BCUT2D eigenvalue weighted by atomic mass is 9.44. The molecule has 3 fully saturated rings. The lowest BCUT2D eigenvalue weighted by molar-refractivity contribution is -0.104. The topological polar surface area (TPSA) is 83.2 Å². The van der Waals surface area contributed by atoms with Gasteiger partial charge in [-0.2, -0.15) is 0 Å². The summed E-state index contributed by atoms with van der Waals surface area (Å²) in [5, 5.41) is 18.5. The summed E-state index contributed by atoms with van der Waals surface area (Å²) in [4.78, 5) is 4.47. The Morgan fingerprint density at radius 1 is 1.46 bits per heavy atom. The Kier molecular flexibility index (Phi) is 4.68. The fourth-order valence-corrected chi connectivity index (χ4v) is 5.71. The second-order valence-corrected chi connectivity index (χ2v) is 9.24. The molecule has 136 valence electrons. The van der Waals surface area contributed by atoms with Gasteiger partial charge in [0.25, 0.3) is 0 Å². The van der Waals surface area contributed by atoms with E-state index in [1.54, 1.807) is 0 Å². The number of rotatable bonds is 3. The van der Waals surface area contributed by atoms with Crippen molar-refractivity contribution in [2.45, 2.75) is 42.6 Å². The zero-order valence-electron chi connectivity index (χ0n) is 14.2. The van der Waals surface area contributed by atoms with Gasteiger partial charge in [-0.3, -0.25) is 0 Å². The maximum Gasteiger partial charge on any atom is 0.190 e. The van der Waals surface area contributed by atoms with Gasteiger partial charge in [-0.1, -0.05) is 41.8 Å². The minimum absolute atomic E-state index is 0.152. The number of halogens is 1. The molecule has 1 aromatic heterocycles. The van der Waals surface area contributed by atoms with E-state index in [-0.39, 0.29) is 12.5 Å². The van der Waals surface area contributed by atoms with Gasteiger partial charge in [-0.25, -0.2) is 4.98 Å². The molecule has 2 aromatic rings. The highest BCUT2D eigenvalue weighted by Crippen LogP contribution is 2.56. The van der Waals surface area contributed by atoms with E-state index in [9.17, 15) is 5.11 Å². The van der Waals surface area contributed by atoms with Crippen molar-refractivity contribution >= 4 is 63.5 Å². The summed E-state index contributed by atoms with van der Waals surface area (Å²) in [5.41, 5.74) is 6.04. The Labute approximate surface area is 168 Å². The number of nitrogens with one attached hydrogen (secondary N) is 2. The van der Waals surface area contributed by atoms with E-state index in [1.807, 2.05) is 18.2 Å². The van der Waals surface area contributed by atoms with Gasteiger partial charge in [-0.05, 0) is 48.4 Å². The molecule has 3 saturated carbocycles. The first-order valence-corrected chi connectivity index (χ1v) is 10.3. The molecule has 26 heavy (non-hydrogen) atoms. The van der Waals surface area contributed by atoms with Crippen LogP contribution in [0.1, 0.15) is 25.7 Å². The Balaban J connectivity index is 1.43. The molecular weight excluding hydrogens is 387 g/mol. The minimum Gasteiger partial charge on any atom is -0.386 e. The van der Waals surface area contributed by atoms with Crippen LogP contribution in [0.25, 0.3) is 10.2 Å². The second-order valence-electron chi connectivity index (χ2n) is 7.39. The number of hydrogen-bond donors (Lipinski definition) is 4. The van der Waals surface area contributed by atoms with Crippen LogP contribution in [0.15, 0.2) is 18.2 Å². The maximum atomic E-state index is 11.2. The number of nitrogens with two attached hydrogens (primary N) is 1. The number of para-hydroxylation sites is 1. The quantitative estimate of drug-likeness (QED) is 0.463. The first-order valence-electron chi connectivity index (χ1n) is 8.68. The average Bonchev–Trinajstić information content (AvgIpc) is 3.02. The number of fused-ring (bicyclic) bond motifs is 4. The van der Waals surface area contributed by atoms with Crippen molar-refractivity contribution in [3.63, 3.8) is 0 Å². The Bertz CT molecular complexity index is 854. The van der Waals surface area contributed by atoms with E-state index in [2.05, 4.69) is 15.6 Å². The van der Waals surface area contributed by atoms with Gasteiger partial charge in [0.05, 0.1) is 23.2 Å². The summed E-state index contributed by atoms with van der Waals surface area (Å²) >= 11 is 13.0. The molecule has 3 aliphatic carbocycles. The number of benzene rings is 1. The highest BCUT2D eigenvalue weighted by Gasteiger charge is 2.56. The van der Waals surface area contributed by atoms with Gasteiger partial charge in [0.15, 0.2) is 10.2 Å². The SMILES string of the molecule is [B]C12CCC(CC1)C(O)(CNC(=S)Nc1nc3c(Cl)cccc3s1)C2N. The standard InChI is InChI=1S/C17H20BClN4OS2/c18-16-6-4-9(5-7-16)17(24,13(16)20)8-21-14(25)23-15-22-12-10(19)2-1-3-11(12)26-15/h1-3,9,13,24H,4-8,20H2,(H2,21,22,23,25). The molecular formula is C17H20BClN4OS2. The largest absolute Gasteiger partial charge is 0.386 e. The molecule has 0 aliphatic heterocycles. The first kappa shape index (κ1) is 18.4. The molecule has 5 nitrogen and oxygen atoms in total. The summed E-state index contributed by atoms with van der Waals surface area (Å²) in [6.07, 6.45) is 3.55. The fraction of sp³-hybridized carbons (Fsp3) is 0.529. The predicted octanol–water partition coefficient (Wildman–Crippen LogP) is 2.83. The van der Waals surface area contributed by atoms with Gasteiger partial charge in [0, 0.05) is 12.6 Å². The van der Waals surface area contributed by atoms with E-state index in [0.29, 0.717) is 15.3 Å². The van der Waals surface area contributed by atoms with Crippen LogP contribution >= 0.6 is 35.2 Å². The van der Waals surface area contributed by atoms with E-state index < -0.39 is 17.0 Å². The molecule has 3 aliphatic rings. The minimum atomic E-state index is -1.05. The summed E-state index contributed by atoms with van der Waals surface area (Å²) in [6, 6.07) is 5.20. The van der Waals surface area contributed by atoms with Crippen LogP contribution in [-0.4, -0.2) is 41.2 Å². The lowest BCUT2D eigenvalue weighted by Gasteiger charge is -2.59. The van der Waals surface area contributed by atoms with Crippen molar-refractivity contribution in [3.05, 3.63) is 23.2 Å². The average molecular weight is 407 g/mol. The van der Waals surface area contributed by atoms with Gasteiger partial charge < -0.3 is 21.5 Å². The monoisotopic (exact) mass is 406 g/mol. The van der Waals surface area contributed by atoms with Crippen LogP contribution in [0.2, 0.25) is 10.3 Å². The van der Waals surface area contributed by atoms with E-state index >= 15 is 0 Å². The second kappa shape index (κ2) is 6.60. The normalized spacial score (nSPS) is 33.3. The third kappa shape index (κ3) is 3.01. The Hall–Kier alpha value is -0.925. The van der Waals surface area contributed by atoms with Crippen LogP contribution in [-0.2, 0) is 0 Å². The highest BCUT2D eigenvalue weighted by atomic mass is 35.5. The first-order chi connectivity index (χ1) is 12.3. The molecule has 1 aromatic carbocycles. The van der Waals surface area contributed by atoms with Gasteiger partial charge in [-0.15, -0.1) is 0 Å². The number of anilines is 1. The molecule has 0 saturated heterocycles. The molecule has 5 rings (SSSR count). The molecule has 2 unspecified atom stereocenters. The van der Waals surface area contributed by atoms with Crippen molar-refractivity contribution in [1.29, 1.82) is 0 Å². The van der Waals surface area contributed by atoms with Gasteiger partial charge in [0.2, 0.25) is 0 Å². The number of thiazole rings is 1. The van der Waals surface area contributed by atoms with Crippen LogP contribution in [0, 0.1) is 5.92 Å². The molecule has 1 heterocycles. The molecule has 2 atom stereocenters. The molecule has 9 heteroatoms. The third-order valence-corrected chi connectivity index (χ3v) is 7.39. The Morgan fingerprint density at radius 3 is 2.88 bits per heavy atom. The lowest BCUT2D eigenvalue weighted by Crippen LogP contribution is -2.68. The molecule has 0 spiro atoms. The molecule has 0 amide bonds. The third-order valence-electron chi connectivity index (χ3n) is 5.90. The molecule has 2 radical (unpaired) electrons. The number of aliphatic hydroxyl groups is 1.